The molecule has 0 bridgehead atoms. The Kier molecular flexibility index (Phi) is 5.08. The summed E-state index contributed by atoms with van der Waals surface area (Å²) in [4.78, 5) is 35.7. The van der Waals surface area contributed by atoms with Gasteiger partial charge < -0.3 is 20.0 Å². The fraction of sp³-hybridized carbons (Fsp3) is 0.0870. The number of para-hydroxylation sites is 2. The summed E-state index contributed by atoms with van der Waals surface area (Å²) >= 11 is 0. The highest BCUT2D eigenvalue weighted by Crippen LogP contribution is 2.24. The lowest BCUT2D eigenvalue weighted by Gasteiger charge is -2.11. The number of benzene rings is 2. The Balaban J connectivity index is 1.40. The molecule has 172 valence electrons. The summed E-state index contributed by atoms with van der Waals surface area (Å²) in [5.41, 5.74) is 2.06. The number of hydrogen-bond acceptors (Lipinski definition) is 4. The van der Waals surface area contributed by atoms with Gasteiger partial charge in [-0.15, -0.1) is 13.2 Å². The van der Waals surface area contributed by atoms with Crippen LogP contribution in [0.1, 0.15) is 16.3 Å². The number of amides is 1. The number of nitrogens with one attached hydrogen (secondary N) is 3. The molecule has 5 rings (SSSR count). The molecule has 8 nitrogen and oxygen atoms in total. The molecule has 0 saturated heterocycles. The van der Waals surface area contributed by atoms with Crippen LogP contribution in [-0.4, -0.2) is 31.8 Å². The van der Waals surface area contributed by atoms with E-state index in [4.69, 9.17) is 0 Å². The van der Waals surface area contributed by atoms with Crippen molar-refractivity contribution in [3.05, 3.63) is 88.6 Å². The number of imidazole rings is 1. The fourth-order valence-electron chi connectivity index (χ4n) is 3.64. The van der Waals surface area contributed by atoms with Crippen LogP contribution >= 0.6 is 0 Å². The molecule has 11 heteroatoms. The Morgan fingerprint density at radius 2 is 1.79 bits per heavy atom. The van der Waals surface area contributed by atoms with Gasteiger partial charge >= 0.3 is 6.36 Å². The highest BCUT2D eigenvalue weighted by atomic mass is 19.4. The number of halogens is 3. The molecule has 34 heavy (non-hydrogen) atoms. The Morgan fingerprint density at radius 3 is 2.53 bits per heavy atom. The SMILES string of the molecule is O=C(NCc1nc2ccccc2[nH]1)c1cc2ccc(=O)n(-c3ccc(OC(F)(F)F)cc3)c2[nH]1. The summed E-state index contributed by atoms with van der Waals surface area (Å²) in [6.45, 7) is 0.163. The average molecular weight is 467 g/mol. The van der Waals surface area contributed by atoms with Crippen molar-refractivity contribution in [2.45, 2.75) is 12.9 Å². The van der Waals surface area contributed by atoms with Crippen LogP contribution in [0.4, 0.5) is 13.2 Å². The highest BCUT2D eigenvalue weighted by Gasteiger charge is 2.31. The number of rotatable bonds is 5. The Morgan fingerprint density at radius 1 is 1.03 bits per heavy atom. The van der Waals surface area contributed by atoms with Gasteiger partial charge in [-0.3, -0.25) is 14.2 Å². The molecule has 1 amide bonds. The van der Waals surface area contributed by atoms with Crippen LogP contribution in [0.15, 0.2) is 71.5 Å². The van der Waals surface area contributed by atoms with E-state index < -0.39 is 23.6 Å². The van der Waals surface area contributed by atoms with Crippen molar-refractivity contribution < 1.29 is 22.7 Å². The lowest BCUT2D eigenvalue weighted by molar-refractivity contribution is -0.274. The predicted molar refractivity (Wildman–Crippen MR) is 118 cm³/mol. The van der Waals surface area contributed by atoms with Crippen LogP contribution in [-0.2, 0) is 6.54 Å². The number of fused-ring (bicyclic) bond motifs is 2. The second-order valence-corrected chi connectivity index (χ2v) is 7.42. The molecule has 2 aromatic carbocycles. The van der Waals surface area contributed by atoms with Crippen molar-refractivity contribution in [1.82, 2.24) is 24.8 Å². The first kappa shape index (κ1) is 21.3. The quantitative estimate of drug-likeness (QED) is 0.363. The Hall–Kier alpha value is -4.54. The third-order valence-corrected chi connectivity index (χ3v) is 5.10. The monoisotopic (exact) mass is 467 g/mol. The number of nitrogens with zero attached hydrogens (tertiary/aromatic N) is 2. The smallest absolute Gasteiger partial charge is 0.406 e. The molecule has 0 aliphatic heterocycles. The van der Waals surface area contributed by atoms with E-state index in [2.05, 4.69) is 25.0 Å². The zero-order valence-electron chi connectivity index (χ0n) is 17.3. The lowest BCUT2D eigenvalue weighted by atomic mass is 10.2. The molecule has 5 aromatic rings. The first-order chi connectivity index (χ1) is 16.3. The normalized spacial score (nSPS) is 11.7. The maximum atomic E-state index is 12.7. The maximum absolute atomic E-state index is 12.7. The van der Waals surface area contributed by atoms with E-state index in [9.17, 15) is 22.8 Å². The molecule has 3 aromatic heterocycles. The third kappa shape index (κ3) is 4.22. The minimum atomic E-state index is -4.82. The van der Waals surface area contributed by atoms with Crippen molar-refractivity contribution >= 4 is 28.0 Å². The zero-order chi connectivity index (χ0) is 23.9. The van der Waals surface area contributed by atoms with E-state index in [1.165, 1.54) is 22.8 Å². The topological polar surface area (TPSA) is 105 Å². The Labute approximate surface area is 189 Å². The number of ether oxygens (including phenoxy) is 1. The number of aromatic nitrogens is 4. The second kappa shape index (κ2) is 8.10. The zero-order valence-corrected chi connectivity index (χ0v) is 17.3. The van der Waals surface area contributed by atoms with Gasteiger partial charge in [0.2, 0.25) is 0 Å². The van der Waals surface area contributed by atoms with Gasteiger partial charge in [-0.05, 0) is 48.5 Å². The first-order valence-corrected chi connectivity index (χ1v) is 10.1. The van der Waals surface area contributed by atoms with Crippen LogP contribution in [0.25, 0.3) is 27.8 Å². The van der Waals surface area contributed by atoms with Crippen molar-refractivity contribution in [3.63, 3.8) is 0 Å². The molecule has 0 fully saturated rings. The summed E-state index contributed by atoms with van der Waals surface area (Å²) in [7, 11) is 0. The Bertz CT molecular complexity index is 1530. The molecule has 3 N–H and O–H groups in total. The van der Waals surface area contributed by atoms with E-state index >= 15 is 0 Å². The van der Waals surface area contributed by atoms with Gasteiger partial charge in [0.25, 0.3) is 11.5 Å². The van der Waals surface area contributed by atoms with E-state index in [0.29, 0.717) is 22.5 Å². The number of pyridine rings is 1. The minimum Gasteiger partial charge on any atom is -0.406 e. The van der Waals surface area contributed by atoms with Crippen molar-refractivity contribution in [3.8, 4) is 11.4 Å². The van der Waals surface area contributed by atoms with Gasteiger partial charge in [0.1, 0.15) is 22.9 Å². The lowest BCUT2D eigenvalue weighted by Crippen LogP contribution is -2.23. The molecule has 0 atom stereocenters. The molecular weight excluding hydrogens is 451 g/mol. The van der Waals surface area contributed by atoms with E-state index in [0.717, 1.165) is 23.2 Å². The fourth-order valence-corrected chi connectivity index (χ4v) is 3.64. The van der Waals surface area contributed by atoms with Gasteiger partial charge in [-0.25, -0.2) is 4.98 Å². The van der Waals surface area contributed by atoms with Crippen molar-refractivity contribution in [2.75, 3.05) is 0 Å². The van der Waals surface area contributed by atoms with Crippen LogP contribution in [0.5, 0.6) is 5.75 Å². The maximum Gasteiger partial charge on any atom is 0.573 e. The van der Waals surface area contributed by atoms with Gasteiger partial charge in [0.15, 0.2) is 0 Å². The largest absolute Gasteiger partial charge is 0.573 e. The summed E-state index contributed by atoms with van der Waals surface area (Å²) in [6, 6.07) is 16.8. The van der Waals surface area contributed by atoms with Crippen LogP contribution in [0.3, 0.4) is 0 Å². The summed E-state index contributed by atoms with van der Waals surface area (Å²) in [6.07, 6.45) is -4.82. The van der Waals surface area contributed by atoms with Crippen molar-refractivity contribution in [2.24, 2.45) is 0 Å². The molecule has 0 aliphatic carbocycles. The molecule has 0 unspecified atom stereocenters. The van der Waals surface area contributed by atoms with Crippen LogP contribution in [0.2, 0.25) is 0 Å². The van der Waals surface area contributed by atoms with Gasteiger partial charge in [-0.1, -0.05) is 12.1 Å². The van der Waals surface area contributed by atoms with Crippen LogP contribution < -0.4 is 15.6 Å². The molecular formula is C23H16F3N5O3. The third-order valence-electron chi connectivity index (χ3n) is 5.10. The number of aromatic amines is 2. The van der Waals surface area contributed by atoms with Gasteiger partial charge in [-0.2, -0.15) is 0 Å². The van der Waals surface area contributed by atoms with Crippen LogP contribution in [0, 0.1) is 0 Å². The average Bonchev–Trinajstić information content (AvgIpc) is 3.41. The van der Waals surface area contributed by atoms with Gasteiger partial charge in [0, 0.05) is 11.5 Å². The second-order valence-electron chi connectivity index (χ2n) is 7.42. The number of H-pyrrole nitrogens is 2. The number of hydrogen-bond donors (Lipinski definition) is 3. The van der Waals surface area contributed by atoms with Crippen molar-refractivity contribution in [1.29, 1.82) is 0 Å². The molecule has 0 saturated carbocycles. The molecule has 0 aliphatic rings. The van der Waals surface area contributed by atoms with Gasteiger partial charge in [0.05, 0.1) is 23.3 Å². The summed E-state index contributed by atoms with van der Waals surface area (Å²) in [5, 5.41) is 3.34. The standard InChI is InChI=1S/C23H16F3N5O3/c24-23(25,26)34-15-8-6-14(7-9-15)31-20(32)10-5-13-11-18(30-21(13)31)22(33)27-12-19-28-16-3-1-2-4-17(16)29-19/h1-11,30H,12H2,(H,27,33)(H,28,29). The molecule has 0 radical (unpaired) electrons. The predicted octanol–water partition coefficient (Wildman–Crippen LogP) is 4.02. The first-order valence-electron chi connectivity index (χ1n) is 10.1. The highest BCUT2D eigenvalue weighted by molar-refractivity contribution is 5.97. The number of carbonyl (C=O) groups excluding carboxylic acids is 1. The van der Waals surface area contributed by atoms with E-state index in [1.54, 1.807) is 12.1 Å². The van der Waals surface area contributed by atoms with E-state index in [-0.39, 0.29) is 12.2 Å². The summed E-state index contributed by atoms with van der Waals surface area (Å²) < 4.78 is 42.4. The summed E-state index contributed by atoms with van der Waals surface area (Å²) in [5.74, 6) is -0.234. The number of carbonyl (C=O) groups is 1. The minimum absolute atomic E-state index is 0.163. The number of alkyl halides is 3. The molecule has 0 spiro atoms. The molecule has 3 heterocycles. The van der Waals surface area contributed by atoms with E-state index in [1.807, 2.05) is 24.3 Å².